The van der Waals surface area contributed by atoms with Gasteiger partial charge in [-0.15, -0.1) is 0 Å². The van der Waals surface area contributed by atoms with Crippen molar-refractivity contribution in [3.8, 4) is 11.3 Å². The smallest absolute Gasteiger partial charge is 0.326 e. The molecule has 1 unspecified atom stereocenters. The molecule has 0 bridgehead atoms. The molecule has 2 aromatic carbocycles. The fourth-order valence-electron chi connectivity index (χ4n) is 4.07. The normalized spacial score (nSPS) is 12.2. The number of carboxylic acid groups (broad SMARTS) is 1. The van der Waals surface area contributed by atoms with E-state index < -0.39 is 17.9 Å². The number of imidazole rings is 1. The number of benzene rings is 2. The molecule has 37 heavy (non-hydrogen) atoms. The van der Waals surface area contributed by atoms with Crippen LogP contribution >= 0.6 is 0 Å². The fourth-order valence-corrected chi connectivity index (χ4v) is 4.07. The fraction of sp³-hybridized carbons (Fsp3) is 0.276. The summed E-state index contributed by atoms with van der Waals surface area (Å²) in [5.74, 6) is -0.727. The molecule has 3 N–H and O–H groups in total. The van der Waals surface area contributed by atoms with Gasteiger partial charge in [0.15, 0.2) is 0 Å². The second kappa shape index (κ2) is 10.3. The van der Waals surface area contributed by atoms with Gasteiger partial charge in [-0.05, 0) is 50.6 Å². The highest BCUT2D eigenvalue weighted by Gasteiger charge is 2.23. The van der Waals surface area contributed by atoms with Crippen LogP contribution < -0.4 is 15.5 Å². The minimum Gasteiger partial charge on any atom is -0.480 e. The lowest BCUT2D eigenvalue weighted by Gasteiger charge is -2.23. The van der Waals surface area contributed by atoms with Crippen molar-refractivity contribution in [3.05, 3.63) is 84.1 Å². The van der Waals surface area contributed by atoms with Crippen molar-refractivity contribution >= 4 is 29.0 Å². The molecule has 0 saturated heterocycles. The molecular weight excluding hydrogens is 466 g/mol. The first-order chi connectivity index (χ1) is 17.5. The van der Waals surface area contributed by atoms with Gasteiger partial charge in [0.1, 0.15) is 23.2 Å². The van der Waals surface area contributed by atoms with Crippen molar-refractivity contribution in [2.24, 2.45) is 0 Å². The molecular formula is C29H33N5O3. The van der Waals surface area contributed by atoms with Crippen molar-refractivity contribution in [1.82, 2.24) is 14.7 Å². The number of hydrogen-bond donors (Lipinski definition) is 3. The Labute approximate surface area is 217 Å². The van der Waals surface area contributed by atoms with Crippen LogP contribution in [0.2, 0.25) is 0 Å². The minimum atomic E-state index is -1.08. The summed E-state index contributed by atoms with van der Waals surface area (Å²) in [5.41, 5.74) is 4.33. The Morgan fingerprint density at radius 1 is 1.03 bits per heavy atom. The number of nitrogens with one attached hydrogen (secondary N) is 2. The summed E-state index contributed by atoms with van der Waals surface area (Å²) in [5, 5.41) is 15.9. The van der Waals surface area contributed by atoms with Gasteiger partial charge in [-0.1, -0.05) is 42.5 Å². The molecule has 0 aliphatic carbocycles. The molecule has 2 aromatic heterocycles. The van der Waals surface area contributed by atoms with E-state index in [1.165, 1.54) is 0 Å². The van der Waals surface area contributed by atoms with Gasteiger partial charge < -0.3 is 20.6 Å². The largest absolute Gasteiger partial charge is 0.480 e. The minimum absolute atomic E-state index is 0.195. The molecule has 4 rings (SSSR count). The van der Waals surface area contributed by atoms with Gasteiger partial charge >= 0.3 is 5.97 Å². The van der Waals surface area contributed by atoms with E-state index in [4.69, 9.17) is 4.98 Å². The second-order valence-electron chi connectivity index (χ2n) is 10.3. The summed E-state index contributed by atoms with van der Waals surface area (Å²) < 4.78 is 1.91. The first-order valence-corrected chi connectivity index (χ1v) is 12.2. The molecule has 0 saturated carbocycles. The van der Waals surface area contributed by atoms with Gasteiger partial charge in [0.2, 0.25) is 0 Å². The molecule has 0 fully saturated rings. The van der Waals surface area contributed by atoms with Gasteiger partial charge in [0.05, 0.1) is 0 Å². The topological polar surface area (TPSA) is 99.0 Å². The van der Waals surface area contributed by atoms with E-state index >= 15 is 0 Å². The van der Waals surface area contributed by atoms with Gasteiger partial charge in [-0.3, -0.25) is 9.20 Å². The molecule has 0 spiro atoms. The molecule has 8 nitrogen and oxygen atoms in total. The van der Waals surface area contributed by atoms with Crippen LogP contribution in [-0.4, -0.2) is 52.0 Å². The highest BCUT2D eigenvalue weighted by Crippen LogP contribution is 2.32. The third kappa shape index (κ3) is 6.09. The molecule has 2 heterocycles. The van der Waals surface area contributed by atoms with Crippen LogP contribution in [0.4, 0.5) is 11.5 Å². The number of aliphatic carboxylic acids is 1. The first kappa shape index (κ1) is 25.8. The lowest BCUT2D eigenvalue weighted by molar-refractivity contribution is -0.139. The molecule has 0 radical (unpaired) electrons. The summed E-state index contributed by atoms with van der Waals surface area (Å²) in [4.78, 5) is 31.8. The number of carboxylic acids is 1. The summed E-state index contributed by atoms with van der Waals surface area (Å²) >= 11 is 0. The lowest BCUT2D eigenvalue weighted by atomic mass is 10.1. The highest BCUT2D eigenvalue weighted by atomic mass is 16.4. The Balaban J connectivity index is 1.67. The Bertz CT molecular complexity index is 1400. The van der Waals surface area contributed by atoms with Crippen molar-refractivity contribution in [2.45, 2.75) is 38.8 Å². The summed E-state index contributed by atoms with van der Waals surface area (Å²) in [6.45, 7) is 6.23. The van der Waals surface area contributed by atoms with E-state index in [2.05, 4.69) is 31.4 Å². The SMILES string of the molecule is CN(C)c1ccc(-c2nc3cc(C(=O)NC(Cc4ccccc4)C(=O)O)ccn3c2NC(C)(C)C)cc1. The Kier molecular flexibility index (Phi) is 7.20. The van der Waals surface area contributed by atoms with Gasteiger partial charge in [-0.2, -0.15) is 0 Å². The van der Waals surface area contributed by atoms with E-state index in [1.54, 1.807) is 18.3 Å². The van der Waals surface area contributed by atoms with Crippen LogP contribution in [0.5, 0.6) is 0 Å². The van der Waals surface area contributed by atoms with E-state index in [-0.39, 0.29) is 12.0 Å². The predicted molar refractivity (Wildman–Crippen MR) is 147 cm³/mol. The maximum Gasteiger partial charge on any atom is 0.326 e. The second-order valence-corrected chi connectivity index (χ2v) is 10.3. The quantitative estimate of drug-likeness (QED) is 0.325. The number of amides is 1. The monoisotopic (exact) mass is 499 g/mol. The number of carbonyl (C=O) groups excluding carboxylic acids is 1. The van der Waals surface area contributed by atoms with Crippen molar-refractivity contribution in [1.29, 1.82) is 0 Å². The lowest BCUT2D eigenvalue weighted by Crippen LogP contribution is -2.42. The van der Waals surface area contributed by atoms with Crippen LogP contribution in [0, 0.1) is 0 Å². The van der Waals surface area contributed by atoms with Crippen molar-refractivity contribution < 1.29 is 14.7 Å². The van der Waals surface area contributed by atoms with Crippen LogP contribution in [0.25, 0.3) is 16.9 Å². The van der Waals surface area contributed by atoms with Crippen LogP contribution in [0.15, 0.2) is 72.9 Å². The van der Waals surface area contributed by atoms with E-state index in [0.29, 0.717) is 11.2 Å². The van der Waals surface area contributed by atoms with Gasteiger partial charge in [0, 0.05) is 49.1 Å². The average Bonchev–Trinajstić information content (AvgIpc) is 3.20. The average molecular weight is 500 g/mol. The molecule has 8 heteroatoms. The maximum absolute atomic E-state index is 13.1. The van der Waals surface area contributed by atoms with Crippen molar-refractivity contribution in [3.63, 3.8) is 0 Å². The first-order valence-electron chi connectivity index (χ1n) is 12.2. The van der Waals surface area contributed by atoms with Gasteiger partial charge in [-0.25, -0.2) is 9.78 Å². The number of rotatable bonds is 8. The molecule has 4 aromatic rings. The standard InChI is InChI=1S/C29H33N5O3/c1-29(2,3)32-26-25(20-11-13-22(14-12-20)33(4)5)31-24-18-21(15-16-34(24)26)27(35)30-23(28(36)37)17-19-9-7-6-8-10-19/h6-16,18,23,32H,17H2,1-5H3,(H,30,35)(H,36,37). The Morgan fingerprint density at radius 2 is 1.70 bits per heavy atom. The van der Waals surface area contributed by atoms with Crippen molar-refractivity contribution in [2.75, 3.05) is 24.3 Å². The number of anilines is 2. The third-order valence-corrected chi connectivity index (χ3v) is 5.92. The Morgan fingerprint density at radius 3 is 2.30 bits per heavy atom. The van der Waals surface area contributed by atoms with Crippen LogP contribution in [-0.2, 0) is 11.2 Å². The zero-order valence-corrected chi connectivity index (χ0v) is 21.8. The molecule has 0 aliphatic rings. The van der Waals surface area contributed by atoms with E-state index in [1.807, 2.05) is 78.0 Å². The molecule has 1 amide bonds. The number of pyridine rings is 1. The van der Waals surface area contributed by atoms with Crippen LogP contribution in [0.3, 0.4) is 0 Å². The number of hydrogen-bond acceptors (Lipinski definition) is 5. The molecule has 1 atom stereocenters. The Hall–Kier alpha value is -4.33. The maximum atomic E-state index is 13.1. The number of fused-ring (bicyclic) bond motifs is 1. The molecule has 192 valence electrons. The summed E-state index contributed by atoms with van der Waals surface area (Å²) in [6, 6.07) is 19.7. The van der Waals surface area contributed by atoms with Gasteiger partial charge in [0.25, 0.3) is 5.91 Å². The molecule has 0 aliphatic heterocycles. The number of nitrogens with zero attached hydrogens (tertiary/aromatic N) is 3. The predicted octanol–water partition coefficient (Wildman–Crippen LogP) is 4.70. The number of aromatic nitrogens is 2. The zero-order chi connectivity index (χ0) is 26.7. The summed E-state index contributed by atoms with van der Waals surface area (Å²) in [7, 11) is 3.99. The van der Waals surface area contributed by atoms with Crippen LogP contribution in [0.1, 0.15) is 36.7 Å². The highest BCUT2D eigenvalue weighted by molar-refractivity contribution is 5.97. The number of carbonyl (C=O) groups is 2. The summed E-state index contributed by atoms with van der Waals surface area (Å²) in [6.07, 6.45) is 1.98. The zero-order valence-electron chi connectivity index (χ0n) is 21.8. The van der Waals surface area contributed by atoms with E-state index in [9.17, 15) is 14.7 Å². The van der Waals surface area contributed by atoms with E-state index in [0.717, 1.165) is 28.3 Å². The third-order valence-electron chi connectivity index (χ3n) is 5.92.